The van der Waals surface area contributed by atoms with Gasteiger partial charge in [-0.15, -0.1) is 0 Å². The number of hydrogen-bond donors (Lipinski definition) is 3. The lowest BCUT2D eigenvalue weighted by Gasteiger charge is -2.34. The maximum Gasteiger partial charge on any atom is 0.161 e. The minimum Gasteiger partial charge on any atom is -0.354 e. The van der Waals surface area contributed by atoms with Gasteiger partial charge in [0, 0.05) is 39.7 Å². The second-order valence-electron chi connectivity index (χ2n) is 16.9. The number of aliphatic imine (C=N–C) groups is 2. The SMILES string of the molecule is N=C(N=C(N=Cc1ccc2c(c1)C(c1ccccc1)(c1ccccc1)c1ccccc1-2)c1ccccc1)c1cccc(C2=Cc3ccccc3/C(=C(/C(=N)c3ccccc3)c3ccccc3)N2)c1. The van der Waals surface area contributed by atoms with Crippen molar-refractivity contribution in [2.24, 2.45) is 9.98 Å². The standard InChI is InChI=1S/C63H45N5/c64-59(45-23-8-2-9-24-45)58(44-21-6-1-7-22-44)60-52-34-17-16-27-47(52)41-57(67-60)48-28-20-29-49(40-48)61(65)68-62(46-25-10-3-11-26-46)66-42-43-37-38-54-53-35-18-19-36-55(53)63(56(54)39-43,50-30-12-4-13-31-50)51-32-14-5-15-33-51/h1-42,64-65,67H/b60-58-,64-59?,65-61?,66-42?,68-62?. The highest BCUT2D eigenvalue weighted by atomic mass is 15.0. The van der Waals surface area contributed by atoms with Crippen LogP contribution in [0, 0.1) is 10.8 Å². The Labute approximate surface area is 396 Å². The monoisotopic (exact) mass is 871 g/mol. The molecule has 9 aromatic rings. The van der Waals surface area contributed by atoms with Crippen molar-refractivity contribution >= 4 is 46.6 Å². The summed E-state index contributed by atoms with van der Waals surface area (Å²) >= 11 is 0. The molecule has 322 valence electrons. The fourth-order valence-corrected chi connectivity index (χ4v) is 9.80. The van der Waals surface area contributed by atoms with Crippen LogP contribution >= 0.6 is 0 Å². The lowest BCUT2D eigenvalue weighted by atomic mass is 9.67. The molecule has 1 heterocycles. The molecule has 0 radical (unpaired) electrons. The topological polar surface area (TPSA) is 84.5 Å². The molecular weight excluding hydrogens is 827 g/mol. The van der Waals surface area contributed by atoms with Crippen LogP contribution in [0.25, 0.3) is 34.2 Å². The lowest BCUT2D eigenvalue weighted by Crippen LogP contribution is -2.28. The number of allylic oxidation sites excluding steroid dienone is 1. The highest BCUT2D eigenvalue weighted by Crippen LogP contribution is 2.56. The van der Waals surface area contributed by atoms with Crippen LogP contribution in [-0.2, 0) is 5.41 Å². The van der Waals surface area contributed by atoms with Crippen LogP contribution in [0.3, 0.4) is 0 Å². The van der Waals surface area contributed by atoms with Crippen LogP contribution < -0.4 is 5.32 Å². The van der Waals surface area contributed by atoms with Crippen molar-refractivity contribution in [1.29, 1.82) is 10.8 Å². The van der Waals surface area contributed by atoms with E-state index in [9.17, 15) is 10.8 Å². The van der Waals surface area contributed by atoms with E-state index < -0.39 is 5.41 Å². The molecule has 0 spiro atoms. The average molecular weight is 872 g/mol. The van der Waals surface area contributed by atoms with Crippen molar-refractivity contribution in [2.45, 2.75) is 5.41 Å². The summed E-state index contributed by atoms with van der Waals surface area (Å²) in [6.45, 7) is 0. The van der Waals surface area contributed by atoms with E-state index in [1.165, 1.54) is 33.4 Å². The third-order valence-electron chi connectivity index (χ3n) is 12.9. The molecule has 11 rings (SSSR count). The molecule has 0 bridgehead atoms. The Bertz CT molecular complexity index is 3440. The van der Waals surface area contributed by atoms with Crippen LogP contribution in [0.2, 0.25) is 0 Å². The Balaban J connectivity index is 0.970. The molecular formula is C63H45N5. The summed E-state index contributed by atoms with van der Waals surface area (Å²) in [6, 6.07) is 83.0. The Morgan fingerprint density at radius 1 is 0.456 bits per heavy atom. The number of rotatable bonds is 9. The number of nitrogens with one attached hydrogen (secondary N) is 3. The molecule has 0 saturated carbocycles. The smallest absolute Gasteiger partial charge is 0.161 e. The molecule has 0 atom stereocenters. The highest BCUT2D eigenvalue weighted by molar-refractivity contribution is 6.36. The number of amidine groups is 2. The van der Waals surface area contributed by atoms with Gasteiger partial charge in [0.2, 0.25) is 0 Å². The van der Waals surface area contributed by atoms with Gasteiger partial charge in [-0.3, -0.25) is 10.8 Å². The Morgan fingerprint density at radius 2 is 1.00 bits per heavy atom. The molecule has 5 heteroatoms. The molecule has 0 aromatic heterocycles. The van der Waals surface area contributed by atoms with Crippen molar-refractivity contribution in [3.8, 4) is 11.1 Å². The molecule has 5 nitrogen and oxygen atoms in total. The summed E-state index contributed by atoms with van der Waals surface area (Å²) in [5.74, 6) is 0.520. The second-order valence-corrected chi connectivity index (χ2v) is 16.9. The van der Waals surface area contributed by atoms with Gasteiger partial charge in [-0.05, 0) is 73.8 Å². The van der Waals surface area contributed by atoms with Gasteiger partial charge in [0.05, 0.1) is 16.8 Å². The van der Waals surface area contributed by atoms with Crippen LogP contribution in [0.15, 0.2) is 253 Å². The van der Waals surface area contributed by atoms with Crippen LogP contribution in [0.4, 0.5) is 0 Å². The van der Waals surface area contributed by atoms with E-state index >= 15 is 0 Å². The van der Waals surface area contributed by atoms with Gasteiger partial charge in [0.25, 0.3) is 0 Å². The maximum absolute atomic E-state index is 9.57. The Kier molecular flexibility index (Phi) is 11.1. The quantitative estimate of drug-likeness (QED) is 0.0979. The van der Waals surface area contributed by atoms with Gasteiger partial charge in [-0.1, -0.05) is 231 Å². The Morgan fingerprint density at radius 3 is 1.68 bits per heavy atom. The van der Waals surface area contributed by atoms with E-state index in [-0.39, 0.29) is 5.84 Å². The van der Waals surface area contributed by atoms with Gasteiger partial charge in [0.15, 0.2) is 11.7 Å². The summed E-state index contributed by atoms with van der Waals surface area (Å²) < 4.78 is 0. The summed E-state index contributed by atoms with van der Waals surface area (Å²) in [5, 5.41) is 22.8. The van der Waals surface area contributed by atoms with Crippen molar-refractivity contribution in [3.63, 3.8) is 0 Å². The van der Waals surface area contributed by atoms with E-state index in [1.807, 2.05) is 121 Å². The molecule has 2 aliphatic rings. The molecule has 9 aromatic carbocycles. The second kappa shape index (κ2) is 18.1. The number of nitrogens with zero attached hydrogens (tertiary/aromatic N) is 2. The average Bonchev–Trinajstić information content (AvgIpc) is 3.71. The first kappa shape index (κ1) is 41.6. The molecule has 0 unspecified atom stereocenters. The molecule has 3 N–H and O–H groups in total. The van der Waals surface area contributed by atoms with Crippen molar-refractivity contribution in [2.75, 3.05) is 0 Å². The fourth-order valence-electron chi connectivity index (χ4n) is 9.80. The fraction of sp³-hybridized carbons (Fsp3) is 0.0159. The largest absolute Gasteiger partial charge is 0.354 e. The number of fused-ring (bicyclic) bond motifs is 4. The first-order chi connectivity index (χ1) is 33.6. The highest BCUT2D eigenvalue weighted by Gasteiger charge is 2.46. The van der Waals surface area contributed by atoms with Gasteiger partial charge >= 0.3 is 0 Å². The summed E-state index contributed by atoms with van der Waals surface area (Å²) in [6.07, 6.45) is 4.01. The van der Waals surface area contributed by atoms with Crippen LogP contribution in [-0.4, -0.2) is 23.6 Å². The van der Waals surface area contributed by atoms with Crippen LogP contribution in [0.1, 0.15) is 66.8 Å². The number of hydrogen-bond acceptors (Lipinski definition) is 3. The first-order valence-corrected chi connectivity index (χ1v) is 22.8. The van der Waals surface area contributed by atoms with E-state index in [1.54, 1.807) is 0 Å². The van der Waals surface area contributed by atoms with Gasteiger partial charge < -0.3 is 5.32 Å². The molecule has 68 heavy (non-hydrogen) atoms. The molecule has 1 aliphatic carbocycles. The van der Waals surface area contributed by atoms with Crippen molar-refractivity contribution < 1.29 is 0 Å². The summed E-state index contributed by atoms with van der Waals surface area (Å²) in [4.78, 5) is 10.0. The van der Waals surface area contributed by atoms with Gasteiger partial charge in [-0.25, -0.2) is 9.98 Å². The van der Waals surface area contributed by atoms with E-state index in [0.717, 1.165) is 55.9 Å². The summed E-state index contributed by atoms with van der Waals surface area (Å²) in [5.41, 5.74) is 16.7. The molecule has 1 aliphatic heterocycles. The Hall–Kier alpha value is -9.06. The first-order valence-electron chi connectivity index (χ1n) is 22.8. The van der Waals surface area contributed by atoms with Gasteiger partial charge in [-0.2, -0.15) is 0 Å². The van der Waals surface area contributed by atoms with Crippen LogP contribution in [0.5, 0.6) is 0 Å². The minimum absolute atomic E-state index is 0.0860. The molecule has 0 saturated heterocycles. The molecule has 0 amide bonds. The third kappa shape index (κ3) is 7.62. The van der Waals surface area contributed by atoms with Crippen molar-refractivity contribution in [1.82, 2.24) is 5.32 Å². The maximum atomic E-state index is 9.57. The van der Waals surface area contributed by atoms with Crippen molar-refractivity contribution in [3.05, 3.63) is 309 Å². The lowest BCUT2D eigenvalue weighted by molar-refractivity contribution is 0.768. The number of benzene rings is 9. The van der Waals surface area contributed by atoms with Gasteiger partial charge in [0.1, 0.15) is 0 Å². The minimum atomic E-state index is -0.532. The van der Waals surface area contributed by atoms with E-state index in [4.69, 9.17) is 9.98 Å². The zero-order valence-corrected chi connectivity index (χ0v) is 37.1. The zero-order valence-electron chi connectivity index (χ0n) is 37.1. The predicted molar refractivity (Wildman–Crippen MR) is 282 cm³/mol. The third-order valence-corrected chi connectivity index (χ3v) is 12.9. The van der Waals surface area contributed by atoms with E-state index in [2.05, 4.69) is 139 Å². The molecule has 0 fully saturated rings. The zero-order chi connectivity index (χ0) is 45.9. The summed E-state index contributed by atoms with van der Waals surface area (Å²) in [7, 11) is 0. The normalized spacial score (nSPS) is 14.2. The van der Waals surface area contributed by atoms with E-state index in [0.29, 0.717) is 17.1 Å². The predicted octanol–water partition coefficient (Wildman–Crippen LogP) is 14.0.